The minimum absolute atomic E-state index is 0.0238. The van der Waals surface area contributed by atoms with E-state index in [0.717, 1.165) is 16.7 Å². The van der Waals surface area contributed by atoms with Gasteiger partial charge in [0.15, 0.2) is 11.5 Å². The van der Waals surface area contributed by atoms with Crippen molar-refractivity contribution in [1.29, 1.82) is 0 Å². The Kier molecular flexibility index (Phi) is 6.37. The lowest BCUT2D eigenvalue weighted by molar-refractivity contribution is -0.128. The smallest absolute Gasteiger partial charge is 0.269 e. The third-order valence-corrected chi connectivity index (χ3v) is 5.92. The van der Waals surface area contributed by atoms with Crippen LogP contribution in [0.25, 0.3) is 11.3 Å². The Hall–Kier alpha value is -4.47. The standard InChI is InChI=1S/C25H27N7O3/c1-14(2)25(35)31-12-4-5-18(31)23-30-20(21(22(26)33)32(23)27)16-7-9-17(10-8-16)24(34)29-19-11-6-15(3)13-28-19/h6-11,13,18H,1,4-5,12,27H2,2-3H3,(H2,26,33)(H,28,29,34)/t18-/m0/s1. The van der Waals surface area contributed by atoms with Crippen LogP contribution in [0.4, 0.5) is 5.82 Å². The largest absolute Gasteiger partial charge is 0.364 e. The van der Waals surface area contributed by atoms with E-state index in [1.54, 1.807) is 48.4 Å². The lowest BCUT2D eigenvalue weighted by atomic mass is 10.1. The molecule has 4 rings (SSSR count). The molecule has 2 aromatic heterocycles. The molecule has 35 heavy (non-hydrogen) atoms. The van der Waals surface area contributed by atoms with Crippen molar-refractivity contribution in [1.82, 2.24) is 19.5 Å². The quantitative estimate of drug-likeness (QED) is 0.370. The minimum atomic E-state index is -0.746. The van der Waals surface area contributed by atoms with Gasteiger partial charge in [-0.05, 0) is 50.5 Å². The van der Waals surface area contributed by atoms with Gasteiger partial charge in [-0.25, -0.2) is 14.6 Å². The average Bonchev–Trinajstić information content (AvgIpc) is 3.44. The Morgan fingerprint density at radius 3 is 2.46 bits per heavy atom. The van der Waals surface area contributed by atoms with Crippen LogP contribution in [0.3, 0.4) is 0 Å². The molecule has 0 aliphatic carbocycles. The summed E-state index contributed by atoms with van der Waals surface area (Å²) in [7, 11) is 0. The highest BCUT2D eigenvalue weighted by Gasteiger charge is 2.35. The zero-order valence-corrected chi connectivity index (χ0v) is 19.6. The summed E-state index contributed by atoms with van der Waals surface area (Å²) in [6, 6.07) is 9.75. The lowest BCUT2D eigenvalue weighted by Crippen LogP contribution is -2.34. The molecule has 0 unspecified atom stereocenters. The van der Waals surface area contributed by atoms with Crippen LogP contribution in [0.5, 0.6) is 0 Å². The summed E-state index contributed by atoms with van der Waals surface area (Å²) in [4.78, 5) is 48.0. The number of hydrogen-bond acceptors (Lipinski definition) is 6. The van der Waals surface area contributed by atoms with E-state index in [2.05, 4.69) is 21.9 Å². The number of primary amides is 1. The monoisotopic (exact) mass is 473 g/mol. The number of carbonyl (C=O) groups excluding carboxylic acids is 3. The number of anilines is 1. The maximum absolute atomic E-state index is 12.6. The van der Waals surface area contributed by atoms with E-state index in [0.29, 0.717) is 41.3 Å². The summed E-state index contributed by atoms with van der Waals surface area (Å²) >= 11 is 0. The fourth-order valence-electron chi connectivity index (χ4n) is 4.15. The number of benzene rings is 1. The molecular weight excluding hydrogens is 446 g/mol. The van der Waals surface area contributed by atoms with Crippen molar-refractivity contribution in [3.8, 4) is 11.3 Å². The van der Waals surface area contributed by atoms with Crippen molar-refractivity contribution in [3.05, 3.63) is 77.4 Å². The molecule has 180 valence electrons. The second kappa shape index (κ2) is 9.41. The molecule has 1 aliphatic heterocycles. The molecule has 1 aromatic carbocycles. The molecule has 10 heteroatoms. The Labute approximate surface area is 202 Å². The highest BCUT2D eigenvalue weighted by atomic mass is 16.2. The van der Waals surface area contributed by atoms with Crippen LogP contribution in [-0.2, 0) is 4.79 Å². The first-order valence-electron chi connectivity index (χ1n) is 11.2. The summed E-state index contributed by atoms with van der Waals surface area (Å²) in [6.45, 7) is 7.85. The van der Waals surface area contributed by atoms with Gasteiger partial charge in [-0.15, -0.1) is 0 Å². The maximum Gasteiger partial charge on any atom is 0.269 e. The Bertz CT molecular complexity index is 1310. The van der Waals surface area contributed by atoms with Gasteiger partial charge in [0.1, 0.15) is 11.5 Å². The number of aromatic nitrogens is 3. The predicted molar refractivity (Wildman–Crippen MR) is 132 cm³/mol. The molecule has 1 saturated heterocycles. The average molecular weight is 474 g/mol. The molecule has 0 radical (unpaired) electrons. The molecule has 1 fully saturated rings. The molecule has 3 heterocycles. The molecule has 0 bridgehead atoms. The van der Waals surface area contributed by atoms with E-state index in [9.17, 15) is 14.4 Å². The summed E-state index contributed by atoms with van der Waals surface area (Å²) in [5.41, 5.74) is 8.31. The number of nitrogens with one attached hydrogen (secondary N) is 1. The van der Waals surface area contributed by atoms with E-state index in [-0.39, 0.29) is 23.2 Å². The fraction of sp³-hybridized carbons (Fsp3) is 0.240. The van der Waals surface area contributed by atoms with Gasteiger partial charge in [0.25, 0.3) is 11.8 Å². The third-order valence-electron chi connectivity index (χ3n) is 5.92. The number of aryl methyl sites for hydroxylation is 1. The van der Waals surface area contributed by atoms with Crippen molar-refractivity contribution in [2.45, 2.75) is 32.7 Å². The number of nitrogens with zero attached hydrogens (tertiary/aromatic N) is 4. The number of nitrogens with two attached hydrogens (primary N) is 2. The first-order valence-corrected chi connectivity index (χ1v) is 11.2. The maximum atomic E-state index is 12.6. The van der Waals surface area contributed by atoms with Crippen molar-refractivity contribution >= 4 is 23.5 Å². The first-order chi connectivity index (χ1) is 16.7. The first kappa shape index (κ1) is 23.7. The SMILES string of the molecule is C=C(C)C(=O)N1CCC[C@H]1c1nc(-c2ccc(C(=O)Nc3ccc(C)cn3)cc2)c(C(N)=O)n1N. The van der Waals surface area contributed by atoms with E-state index in [1.165, 1.54) is 0 Å². The van der Waals surface area contributed by atoms with Crippen molar-refractivity contribution in [3.63, 3.8) is 0 Å². The highest BCUT2D eigenvalue weighted by molar-refractivity contribution is 6.04. The van der Waals surface area contributed by atoms with Crippen LogP contribution in [-0.4, -0.2) is 43.8 Å². The lowest BCUT2D eigenvalue weighted by Gasteiger charge is -2.24. The van der Waals surface area contributed by atoms with Gasteiger partial charge in [0.05, 0.1) is 6.04 Å². The van der Waals surface area contributed by atoms with Crippen LogP contribution in [0.1, 0.15) is 58.0 Å². The number of pyridine rings is 1. The zero-order valence-electron chi connectivity index (χ0n) is 19.6. The van der Waals surface area contributed by atoms with Crippen molar-refractivity contribution < 1.29 is 14.4 Å². The molecule has 0 spiro atoms. The van der Waals surface area contributed by atoms with Crippen LogP contribution in [0, 0.1) is 6.92 Å². The molecular formula is C25H27N7O3. The summed E-state index contributed by atoms with van der Waals surface area (Å²) < 4.78 is 1.16. The highest BCUT2D eigenvalue weighted by Crippen LogP contribution is 2.35. The van der Waals surface area contributed by atoms with Crippen LogP contribution >= 0.6 is 0 Å². The fourth-order valence-corrected chi connectivity index (χ4v) is 4.15. The van der Waals surface area contributed by atoms with Gasteiger partial charge in [0, 0.05) is 29.4 Å². The topological polar surface area (TPSA) is 149 Å². The Morgan fingerprint density at radius 1 is 1.14 bits per heavy atom. The molecule has 10 nitrogen and oxygen atoms in total. The van der Waals surface area contributed by atoms with E-state index in [1.807, 2.05) is 13.0 Å². The van der Waals surface area contributed by atoms with E-state index < -0.39 is 11.9 Å². The van der Waals surface area contributed by atoms with Gasteiger partial charge in [-0.1, -0.05) is 24.8 Å². The van der Waals surface area contributed by atoms with Crippen LogP contribution < -0.4 is 16.9 Å². The number of imidazole rings is 1. The van der Waals surface area contributed by atoms with Crippen molar-refractivity contribution in [2.75, 3.05) is 17.7 Å². The molecule has 5 N–H and O–H groups in total. The Balaban J connectivity index is 1.64. The number of nitrogen functional groups attached to an aromatic ring is 1. The normalized spacial score (nSPS) is 15.1. The second-order valence-corrected chi connectivity index (χ2v) is 8.59. The van der Waals surface area contributed by atoms with Crippen molar-refractivity contribution in [2.24, 2.45) is 5.73 Å². The molecule has 1 atom stereocenters. The van der Waals surface area contributed by atoms with Crippen LogP contribution in [0.2, 0.25) is 0 Å². The van der Waals surface area contributed by atoms with Gasteiger partial charge in [-0.2, -0.15) is 0 Å². The summed E-state index contributed by atoms with van der Waals surface area (Å²) in [5.74, 6) is 5.81. The minimum Gasteiger partial charge on any atom is -0.364 e. The summed E-state index contributed by atoms with van der Waals surface area (Å²) in [5, 5.41) is 2.74. The predicted octanol–water partition coefficient (Wildman–Crippen LogP) is 2.56. The van der Waals surface area contributed by atoms with E-state index in [4.69, 9.17) is 11.6 Å². The number of amides is 3. The van der Waals surface area contributed by atoms with Gasteiger partial charge >= 0.3 is 0 Å². The number of likely N-dealkylation sites (tertiary alicyclic amines) is 1. The third kappa shape index (κ3) is 4.63. The van der Waals surface area contributed by atoms with Crippen LogP contribution in [0.15, 0.2) is 54.7 Å². The molecule has 3 aromatic rings. The van der Waals surface area contributed by atoms with E-state index >= 15 is 0 Å². The molecule has 0 saturated carbocycles. The Morgan fingerprint density at radius 2 is 1.86 bits per heavy atom. The number of carbonyl (C=O) groups is 3. The van der Waals surface area contributed by atoms with Gasteiger partial charge in [0.2, 0.25) is 5.91 Å². The van der Waals surface area contributed by atoms with Gasteiger partial charge in [-0.3, -0.25) is 14.4 Å². The molecule has 3 amide bonds. The second-order valence-electron chi connectivity index (χ2n) is 8.59. The number of hydrogen-bond donors (Lipinski definition) is 3. The molecule has 1 aliphatic rings. The zero-order chi connectivity index (χ0) is 25.3. The number of rotatable bonds is 6. The van der Waals surface area contributed by atoms with Gasteiger partial charge < -0.3 is 21.8 Å². The summed E-state index contributed by atoms with van der Waals surface area (Å²) in [6.07, 6.45) is 3.09.